The Hall–Kier alpha value is -1.33. The van der Waals surface area contributed by atoms with Crippen molar-refractivity contribution in [2.24, 2.45) is 5.92 Å². The van der Waals surface area contributed by atoms with Crippen LogP contribution in [0.5, 0.6) is 0 Å². The molecule has 19 heavy (non-hydrogen) atoms. The average molecular weight is 285 g/mol. The van der Waals surface area contributed by atoms with Crippen molar-refractivity contribution in [2.75, 3.05) is 32.4 Å². The fourth-order valence-electron chi connectivity index (χ4n) is 2.17. The van der Waals surface area contributed by atoms with E-state index in [-0.39, 0.29) is 18.3 Å². The predicted molar refractivity (Wildman–Crippen MR) is 78.5 cm³/mol. The highest BCUT2D eigenvalue weighted by molar-refractivity contribution is 5.92. The second-order valence-electron chi connectivity index (χ2n) is 4.90. The van der Waals surface area contributed by atoms with Crippen molar-refractivity contribution in [3.05, 3.63) is 23.9 Å². The van der Waals surface area contributed by atoms with Gasteiger partial charge in [-0.05, 0) is 51.0 Å². The lowest BCUT2D eigenvalue weighted by Crippen LogP contribution is -2.37. The maximum atomic E-state index is 11.9. The van der Waals surface area contributed by atoms with E-state index in [2.05, 4.69) is 22.2 Å². The first-order valence-corrected chi connectivity index (χ1v) is 6.34. The van der Waals surface area contributed by atoms with Crippen molar-refractivity contribution in [3.8, 4) is 0 Å². The zero-order valence-corrected chi connectivity index (χ0v) is 11.9. The van der Waals surface area contributed by atoms with E-state index in [4.69, 9.17) is 5.73 Å². The number of nitrogens with zero attached hydrogens (tertiary/aromatic N) is 2. The van der Waals surface area contributed by atoms with Gasteiger partial charge in [-0.25, -0.2) is 4.98 Å². The van der Waals surface area contributed by atoms with Crippen LogP contribution in [0.1, 0.15) is 23.3 Å². The molecule has 0 spiro atoms. The molecule has 106 valence electrons. The Morgan fingerprint density at radius 3 is 2.79 bits per heavy atom. The third-order valence-corrected chi connectivity index (χ3v) is 3.39. The summed E-state index contributed by atoms with van der Waals surface area (Å²) >= 11 is 0. The summed E-state index contributed by atoms with van der Waals surface area (Å²) in [5, 5.41) is 2.94. The Morgan fingerprint density at radius 2 is 2.16 bits per heavy atom. The van der Waals surface area contributed by atoms with E-state index < -0.39 is 0 Å². The fourth-order valence-corrected chi connectivity index (χ4v) is 2.17. The monoisotopic (exact) mass is 284 g/mol. The number of carbonyl (C=O) groups is 1. The highest BCUT2D eigenvalue weighted by atomic mass is 35.5. The van der Waals surface area contributed by atoms with Gasteiger partial charge in [0.25, 0.3) is 5.91 Å². The number of pyridine rings is 1. The number of halogens is 1. The van der Waals surface area contributed by atoms with Gasteiger partial charge in [0.15, 0.2) is 0 Å². The first kappa shape index (κ1) is 15.7. The smallest absolute Gasteiger partial charge is 0.269 e. The normalized spacial score (nSPS) is 16.7. The maximum absolute atomic E-state index is 11.9. The van der Waals surface area contributed by atoms with Gasteiger partial charge in [-0.1, -0.05) is 6.07 Å². The Kier molecular flexibility index (Phi) is 6.05. The van der Waals surface area contributed by atoms with Crippen molar-refractivity contribution >= 4 is 24.1 Å². The second-order valence-corrected chi connectivity index (χ2v) is 4.90. The second kappa shape index (κ2) is 7.31. The van der Waals surface area contributed by atoms with Crippen LogP contribution in [-0.2, 0) is 0 Å². The molecular formula is C13H21ClN4O. The molecule has 3 N–H and O–H groups in total. The number of anilines is 1. The van der Waals surface area contributed by atoms with E-state index in [0.717, 1.165) is 32.5 Å². The summed E-state index contributed by atoms with van der Waals surface area (Å²) in [6, 6.07) is 5.10. The van der Waals surface area contributed by atoms with E-state index in [9.17, 15) is 4.79 Å². The number of rotatable bonds is 3. The maximum Gasteiger partial charge on any atom is 0.269 e. The molecule has 1 aromatic heterocycles. The Balaban J connectivity index is 0.00000180. The molecule has 0 saturated carbocycles. The fraction of sp³-hybridized carbons (Fsp3) is 0.538. The van der Waals surface area contributed by atoms with Crippen LogP contribution in [0.25, 0.3) is 0 Å². The van der Waals surface area contributed by atoms with Gasteiger partial charge >= 0.3 is 0 Å². The molecule has 5 nitrogen and oxygen atoms in total. The first-order valence-electron chi connectivity index (χ1n) is 6.34. The van der Waals surface area contributed by atoms with Crippen molar-refractivity contribution in [2.45, 2.75) is 12.8 Å². The van der Waals surface area contributed by atoms with Crippen LogP contribution in [0.4, 0.5) is 5.82 Å². The number of nitrogen functional groups attached to an aromatic ring is 1. The number of carbonyl (C=O) groups excluding carboxylic acids is 1. The van der Waals surface area contributed by atoms with Crippen molar-refractivity contribution in [3.63, 3.8) is 0 Å². The van der Waals surface area contributed by atoms with Gasteiger partial charge in [0, 0.05) is 6.54 Å². The molecule has 0 aromatic carbocycles. The van der Waals surface area contributed by atoms with E-state index in [1.165, 1.54) is 0 Å². The molecule has 1 aromatic rings. The molecule has 1 aliphatic heterocycles. The predicted octanol–water partition coefficient (Wildman–Crippen LogP) is 1.16. The van der Waals surface area contributed by atoms with E-state index in [1.807, 2.05) is 0 Å². The lowest BCUT2D eigenvalue weighted by atomic mass is 9.97. The van der Waals surface area contributed by atoms with Gasteiger partial charge in [0.2, 0.25) is 0 Å². The van der Waals surface area contributed by atoms with Gasteiger partial charge in [0.1, 0.15) is 11.5 Å². The van der Waals surface area contributed by atoms with Crippen LogP contribution in [-0.4, -0.2) is 42.5 Å². The molecular weight excluding hydrogens is 264 g/mol. The summed E-state index contributed by atoms with van der Waals surface area (Å²) in [5.41, 5.74) is 5.95. The summed E-state index contributed by atoms with van der Waals surface area (Å²) in [7, 11) is 2.13. The molecule has 1 fully saturated rings. The van der Waals surface area contributed by atoms with Crippen LogP contribution >= 0.6 is 12.4 Å². The number of likely N-dealkylation sites (tertiary alicyclic amines) is 1. The van der Waals surface area contributed by atoms with E-state index >= 15 is 0 Å². The first-order chi connectivity index (χ1) is 8.65. The van der Waals surface area contributed by atoms with Crippen molar-refractivity contribution < 1.29 is 4.79 Å². The van der Waals surface area contributed by atoms with E-state index in [0.29, 0.717) is 17.4 Å². The molecule has 0 radical (unpaired) electrons. The largest absolute Gasteiger partial charge is 0.384 e. The van der Waals surface area contributed by atoms with Crippen molar-refractivity contribution in [1.82, 2.24) is 15.2 Å². The number of nitrogens with one attached hydrogen (secondary N) is 1. The van der Waals surface area contributed by atoms with Gasteiger partial charge in [0.05, 0.1) is 0 Å². The van der Waals surface area contributed by atoms with Gasteiger partial charge in [-0.3, -0.25) is 4.79 Å². The Morgan fingerprint density at radius 1 is 1.47 bits per heavy atom. The van der Waals surface area contributed by atoms with Crippen LogP contribution in [0, 0.1) is 5.92 Å². The number of aromatic nitrogens is 1. The summed E-state index contributed by atoms with van der Waals surface area (Å²) < 4.78 is 0. The SMILES string of the molecule is CN1CCC(CNC(=O)c2cccc(N)n2)CC1.Cl. The average Bonchev–Trinajstić information content (AvgIpc) is 2.38. The minimum atomic E-state index is -0.138. The van der Waals surface area contributed by atoms with E-state index in [1.54, 1.807) is 18.2 Å². The molecule has 2 rings (SSSR count). The van der Waals surface area contributed by atoms with Crippen LogP contribution in [0.15, 0.2) is 18.2 Å². The minimum absolute atomic E-state index is 0. The van der Waals surface area contributed by atoms with Gasteiger partial charge in [-0.15, -0.1) is 12.4 Å². The highest BCUT2D eigenvalue weighted by Gasteiger charge is 2.17. The molecule has 0 atom stereocenters. The molecule has 1 aliphatic rings. The molecule has 6 heteroatoms. The Labute approximate surface area is 120 Å². The topological polar surface area (TPSA) is 71.2 Å². The molecule has 1 amide bonds. The standard InChI is InChI=1S/C13H20N4O.ClH/c1-17-7-5-10(6-8-17)9-15-13(18)11-3-2-4-12(14)16-11;/h2-4,10H,5-9H2,1H3,(H2,14,16)(H,15,18);1H. The number of piperidine rings is 1. The lowest BCUT2D eigenvalue weighted by Gasteiger charge is -2.28. The van der Waals surface area contributed by atoms with Crippen LogP contribution < -0.4 is 11.1 Å². The van der Waals surface area contributed by atoms with Crippen LogP contribution in [0.3, 0.4) is 0 Å². The third-order valence-electron chi connectivity index (χ3n) is 3.39. The lowest BCUT2D eigenvalue weighted by molar-refractivity contribution is 0.0934. The molecule has 1 saturated heterocycles. The molecule has 0 unspecified atom stereocenters. The van der Waals surface area contributed by atoms with Gasteiger partial charge in [-0.2, -0.15) is 0 Å². The summed E-state index contributed by atoms with van der Waals surface area (Å²) in [4.78, 5) is 18.2. The summed E-state index contributed by atoms with van der Waals surface area (Å²) in [6.07, 6.45) is 2.28. The minimum Gasteiger partial charge on any atom is -0.384 e. The highest BCUT2D eigenvalue weighted by Crippen LogP contribution is 2.14. The number of nitrogens with two attached hydrogens (primary N) is 1. The number of hydrogen-bond donors (Lipinski definition) is 2. The zero-order valence-electron chi connectivity index (χ0n) is 11.1. The molecule has 0 bridgehead atoms. The van der Waals surface area contributed by atoms with Crippen molar-refractivity contribution in [1.29, 1.82) is 0 Å². The zero-order chi connectivity index (χ0) is 13.0. The Bertz CT molecular complexity index is 419. The molecule has 2 heterocycles. The summed E-state index contributed by atoms with van der Waals surface area (Å²) in [5.74, 6) is 0.814. The number of hydrogen-bond acceptors (Lipinski definition) is 4. The van der Waals surface area contributed by atoms with Gasteiger partial charge < -0.3 is 16.0 Å². The summed E-state index contributed by atoms with van der Waals surface area (Å²) in [6.45, 7) is 2.94. The third kappa shape index (κ3) is 4.69. The number of amides is 1. The molecule has 0 aliphatic carbocycles. The van der Waals surface area contributed by atoms with Crippen LogP contribution in [0.2, 0.25) is 0 Å². The quantitative estimate of drug-likeness (QED) is 0.874.